The van der Waals surface area contributed by atoms with Crippen LogP contribution in [0.2, 0.25) is 0 Å². The third-order valence-electron chi connectivity index (χ3n) is 3.54. The molecule has 0 saturated carbocycles. The van der Waals surface area contributed by atoms with Crippen molar-refractivity contribution >= 4 is 10.0 Å². The predicted molar refractivity (Wildman–Crippen MR) is 86.2 cm³/mol. The van der Waals surface area contributed by atoms with Crippen LogP contribution in [0.25, 0.3) is 0 Å². The van der Waals surface area contributed by atoms with E-state index in [9.17, 15) is 8.42 Å². The van der Waals surface area contributed by atoms with E-state index >= 15 is 0 Å². The molecule has 0 fully saturated rings. The molecular weight excluding hydrogens is 284 g/mol. The van der Waals surface area contributed by atoms with Gasteiger partial charge in [-0.3, -0.25) is 0 Å². The van der Waals surface area contributed by atoms with Gasteiger partial charge in [0.15, 0.2) is 0 Å². The normalized spacial score (nSPS) is 13.4. The SMILES string of the molecule is CC(CNS(=O)(=O)c1cccc(C#CCN)c1)C(C)(C)C. The predicted octanol–water partition coefficient (Wildman–Crippen LogP) is 1.96. The number of sulfonamides is 1. The molecule has 1 rings (SSSR count). The Morgan fingerprint density at radius 1 is 1.33 bits per heavy atom. The van der Waals surface area contributed by atoms with Gasteiger partial charge < -0.3 is 5.73 Å². The van der Waals surface area contributed by atoms with Gasteiger partial charge in [0, 0.05) is 12.1 Å². The summed E-state index contributed by atoms with van der Waals surface area (Å²) in [5.74, 6) is 5.78. The Morgan fingerprint density at radius 3 is 2.57 bits per heavy atom. The molecule has 0 heterocycles. The first-order chi connectivity index (χ1) is 9.66. The zero-order chi connectivity index (χ0) is 16.1. The highest BCUT2D eigenvalue weighted by Gasteiger charge is 2.22. The highest BCUT2D eigenvalue weighted by atomic mass is 32.2. The van der Waals surface area contributed by atoms with Crippen LogP contribution in [0.15, 0.2) is 29.2 Å². The van der Waals surface area contributed by atoms with Crippen molar-refractivity contribution in [1.82, 2.24) is 4.72 Å². The van der Waals surface area contributed by atoms with Crippen molar-refractivity contribution in [3.63, 3.8) is 0 Å². The largest absolute Gasteiger partial charge is 0.320 e. The maximum atomic E-state index is 12.3. The molecule has 0 aliphatic heterocycles. The van der Waals surface area contributed by atoms with E-state index in [1.807, 2.05) is 6.92 Å². The van der Waals surface area contributed by atoms with Crippen LogP contribution in [0.4, 0.5) is 0 Å². The maximum absolute atomic E-state index is 12.3. The van der Waals surface area contributed by atoms with Crippen LogP contribution in [0, 0.1) is 23.2 Å². The van der Waals surface area contributed by atoms with Crippen LogP contribution in [0.1, 0.15) is 33.3 Å². The van der Waals surface area contributed by atoms with Gasteiger partial charge in [-0.15, -0.1) is 0 Å². The summed E-state index contributed by atoms with van der Waals surface area (Å²) in [5.41, 5.74) is 6.02. The van der Waals surface area contributed by atoms with E-state index in [1.54, 1.807) is 24.3 Å². The molecule has 0 saturated heterocycles. The molecular formula is C16H24N2O2S. The summed E-state index contributed by atoms with van der Waals surface area (Å²) in [5, 5.41) is 0. The van der Waals surface area contributed by atoms with E-state index < -0.39 is 10.0 Å². The van der Waals surface area contributed by atoms with E-state index in [0.717, 1.165) is 0 Å². The van der Waals surface area contributed by atoms with E-state index in [0.29, 0.717) is 12.1 Å². The van der Waals surface area contributed by atoms with Crippen molar-refractivity contribution < 1.29 is 8.42 Å². The summed E-state index contributed by atoms with van der Waals surface area (Å²) in [6.45, 7) is 8.97. The van der Waals surface area contributed by atoms with Crippen LogP contribution >= 0.6 is 0 Å². The van der Waals surface area contributed by atoms with E-state index in [-0.39, 0.29) is 22.8 Å². The fourth-order valence-corrected chi connectivity index (χ4v) is 2.69. The summed E-state index contributed by atoms with van der Waals surface area (Å²) in [6, 6.07) is 6.58. The monoisotopic (exact) mass is 308 g/mol. The number of benzene rings is 1. The lowest BCUT2D eigenvalue weighted by molar-refractivity contribution is 0.263. The molecule has 0 aliphatic carbocycles. The number of hydrogen-bond donors (Lipinski definition) is 2. The molecule has 1 aromatic rings. The number of hydrogen-bond acceptors (Lipinski definition) is 3. The first-order valence-corrected chi connectivity index (χ1v) is 8.44. The summed E-state index contributed by atoms with van der Waals surface area (Å²) in [4.78, 5) is 0.229. The van der Waals surface area contributed by atoms with Gasteiger partial charge in [-0.1, -0.05) is 45.6 Å². The third-order valence-corrected chi connectivity index (χ3v) is 4.96. The molecule has 1 atom stereocenters. The van der Waals surface area contributed by atoms with Crippen molar-refractivity contribution in [2.24, 2.45) is 17.1 Å². The molecule has 0 bridgehead atoms. The van der Waals surface area contributed by atoms with Gasteiger partial charge >= 0.3 is 0 Å². The number of nitrogens with one attached hydrogen (secondary N) is 1. The number of rotatable bonds is 4. The van der Waals surface area contributed by atoms with Gasteiger partial charge in [0.1, 0.15) is 0 Å². The Labute approximate surface area is 128 Å². The standard InChI is InChI=1S/C16H24N2O2S/c1-13(16(2,3)4)12-18-21(19,20)15-9-5-7-14(11-15)8-6-10-17/h5,7,9,11,13,18H,10,12,17H2,1-4H3. The summed E-state index contributed by atoms with van der Waals surface area (Å²) < 4.78 is 27.3. The summed E-state index contributed by atoms with van der Waals surface area (Å²) in [6.07, 6.45) is 0. The first kappa shape index (κ1) is 17.7. The van der Waals surface area contributed by atoms with Crippen LogP contribution in [-0.2, 0) is 10.0 Å². The van der Waals surface area contributed by atoms with Crippen LogP contribution in [0.3, 0.4) is 0 Å². The summed E-state index contributed by atoms with van der Waals surface area (Å²) in [7, 11) is -3.51. The molecule has 0 amide bonds. The fourth-order valence-electron chi connectivity index (χ4n) is 1.52. The zero-order valence-electron chi connectivity index (χ0n) is 13.1. The van der Waals surface area contributed by atoms with E-state index in [4.69, 9.17) is 5.73 Å². The first-order valence-electron chi connectivity index (χ1n) is 6.95. The Hall–Kier alpha value is -1.35. The van der Waals surface area contributed by atoms with E-state index in [2.05, 4.69) is 37.3 Å². The molecule has 21 heavy (non-hydrogen) atoms. The second-order valence-electron chi connectivity index (χ2n) is 6.15. The van der Waals surface area contributed by atoms with E-state index in [1.165, 1.54) is 0 Å². The van der Waals surface area contributed by atoms with Crippen LogP contribution in [0.5, 0.6) is 0 Å². The van der Waals surface area contributed by atoms with Gasteiger partial charge in [0.2, 0.25) is 10.0 Å². The number of nitrogens with two attached hydrogens (primary N) is 1. The van der Waals surface area contributed by atoms with Crippen LogP contribution in [-0.4, -0.2) is 21.5 Å². The molecule has 116 valence electrons. The third kappa shape index (κ3) is 5.50. The van der Waals surface area contributed by atoms with Crippen molar-refractivity contribution in [2.75, 3.05) is 13.1 Å². The smallest absolute Gasteiger partial charge is 0.240 e. The lowest BCUT2D eigenvalue weighted by Crippen LogP contribution is -2.33. The van der Waals surface area contributed by atoms with Crippen molar-refractivity contribution in [1.29, 1.82) is 0 Å². The van der Waals surface area contributed by atoms with Gasteiger partial charge in [0.25, 0.3) is 0 Å². The minimum Gasteiger partial charge on any atom is -0.320 e. The van der Waals surface area contributed by atoms with Crippen LogP contribution < -0.4 is 10.5 Å². The minimum absolute atomic E-state index is 0.0525. The molecule has 0 aromatic heterocycles. The molecule has 4 nitrogen and oxygen atoms in total. The van der Waals surface area contributed by atoms with Gasteiger partial charge in [-0.05, 0) is 29.5 Å². The molecule has 0 aliphatic rings. The Bertz CT molecular complexity index is 634. The molecule has 1 unspecified atom stereocenters. The Morgan fingerprint density at radius 2 is 2.00 bits per heavy atom. The molecule has 0 spiro atoms. The zero-order valence-corrected chi connectivity index (χ0v) is 13.9. The topological polar surface area (TPSA) is 72.2 Å². The second-order valence-corrected chi connectivity index (χ2v) is 7.92. The average Bonchev–Trinajstić information content (AvgIpc) is 2.42. The summed E-state index contributed by atoms with van der Waals surface area (Å²) >= 11 is 0. The lowest BCUT2D eigenvalue weighted by Gasteiger charge is -2.27. The van der Waals surface area contributed by atoms with Gasteiger partial charge in [-0.25, -0.2) is 13.1 Å². The Kier molecular flexibility index (Phi) is 5.97. The lowest BCUT2D eigenvalue weighted by atomic mass is 9.82. The molecule has 5 heteroatoms. The van der Waals surface area contributed by atoms with Crippen molar-refractivity contribution in [3.05, 3.63) is 29.8 Å². The van der Waals surface area contributed by atoms with Crippen molar-refractivity contribution in [2.45, 2.75) is 32.6 Å². The van der Waals surface area contributed by atoms with Gasteiger partial charge in [0.05, 0.1) is 11.4 Å². The minimum atomic E-state index is -3.51. The quantitative estimate of drug-likeness (QED) is 0.835. The maximum Gasteiger partial charge on any atom is 0.240 e. The van der Waals surface area contributed by atoms with Crippen molar-refractivity contribution in [3.8, 4) is 11.8 Å². The molecule has 1 aromatic carbocycles. The fraction of sp³-hybridized carbons (Fsp3) is 0.500. The molecule has 3 N–H and O–H groups in total. The van der Waals surface area contributed by atoms with Gasteiger partial charge in [-0.2, -0.15) is 0 Å². The average molecular weight is 308 g/mol. The molecule has 0 radical (unpaired) electrons. The second kappa shape index (κ2) is 7.08. The highest BCUT2D eigenvalue weighted by Crippen LogP contribution is 2.25. The Balaban J connectivity index is 2.88. The highest BCUT2D eigenvalue weighted by molar-refractivity contribution is 7.89.